The fraction of sp³-hybridized carbons (Fsp3) is 0.300. The number of hydrogen-bond donors (Lipinski definition) is 0. The first-order chi connectivity index (χ1) is 14.1. The first-order valence-corrected chi connectivity index (χ1v) is 9.26. The molecule has 150 valence electrons. The van der Waals surface area contributed by atoms with Gasteiger partial charge >= 0.3 is 0 Å². The van der Waals surface area contributed by atoms with Crippen LogP contribution in [0.15, 0.2) is 48.9 Å². The van der Waals surface area contributed by atoms with Crippen LogP contribution in [0.5, 0.6) is 11.6 Å². The minimum Gasteiger partial charge on any atom is -0.497 e. The molecular weight excluding hydrogens is 377 g/mol. The van der Waals surface area contributed by atoms with E-state index < -0.39 is 5.82 Å². The lowest BCUT2D eigenvalue weighted by molar-refractivity contribution is 0.0527. The Bertz CT molecular complexity index is 996. The Kier molecular flexibility index (Phi) is 5.37. The van der Waals surface area contributed by atoms with E-state index in [0.29, 0.717) is 36.0 Å². The molecule has 0 N–H and O–H groups in total. The van der Waals surface area contributed by atoms with E-state index >= 15 is 0 Å². The number of carbonyl (C=O) groups excluding carboxylic acids is 1. The first-order valence-electron chi connectivity index (χ1n) is 9.26. The molecule has 8 nitrogen and oxygen atoms in total. The van der Waals surface area contributed by atoms with Crippen molar-refractivity contribution in [3.63, 3.8) is 0 Å². The molecule has 3 aromatic rings. The van der Waals surface area contributed by atoms with Gasteiger partial charge in [-0.15, -0.1) is 0 Å². The number of rotatable bonds is 5. The maximum atomic E-state index is 13.8. The predicted molar refractivity (Wildman–Crippen MR) is 102 cm³/mol. The second-order valence-corrected chi connectivity index (χ2v) is 6.65. The normalized spacial score (nSPS) is 16.5. The van der Waals surface area contributed by atoms with Crippen LogP contribution in [-0.4, -0.2) is 57.1 Å². The molecule has 29 heavy (non-hydrogen) atoms. The Morgan fingerprint density at radius 3 is 2.79 bits per heavy atom. The Hall–Kier alpha value is -3.49. The minimum atomic E-state index is -0.460. The van der Waals surface area contributed by atoms with E-state index in [0.717, 1.165) is 12.8 Å². The summed E-state index contributed by atoms with van der Waals surface area (Å²) in [5.41, 5.74) is 0.639. The van der Waals surface area contributed by atoms with Crippen LogP contribution in [0.25, 0.3) is 5.69 Å². The molecular formula is C20H20FN5O3. The molecule has 0 saturated carbocycles. The van der Waals surface area contributed by atoms with Gasteiger partial charge in [-0.1, -0.05) is 0 Å². The van der Waals surface area contributed by atoms with E-state index in [1.165, 1.54) is 35.4 Å². The summed E-state index contributed by atoms with van der Waals surface area (Å²) >= 11 is 0. The monoisotopic (exact) mass is 397 g/mol. The number of aromatic nitrogens is 4. The van der Waals surface area contributed by atoms with Crippen LogP contribution in [0, 0.1) is 5.82 Å². The fourth-order valence-electron chi connectivity index (χ4n) is 3.33. The molecule has 0 aliphatic carbocycles. The van der Waals surface area contributed by atoms with Crippen molar-refractivity contribution in [2.45, 2.75) is 18.9 Å². The van der Waals surface area contributed by atoms with E-state index in [2.05, 4.69) is 15.2 Å². The van der Waals surface area contributed by atoms with E-state index in [4.69, 9.17) is 9.47 Å². The molecule has 0 bridgehead atoms. The van der Waals surface area contributed by atoms with Crippen molar-refractivity contribution in [1.29, 1.82) is 0 Å². The Labute approximate surface area is 166 Å². The zero-order valence-corrected chi connectivity index (χ0v) is 15.9. The third-order valence-electron chi connectivity index (χ3n) is 4.72. The van der Waals surface area contributed by atoms with E-state index in [9.17, 15) is 9.18 Å². The van der Waals surface area contributed by atoms with Gasteiger partial charge in [0.05, 0.1) is 31.6 Å². The largest absolute Gasteiger partial charge is 0.497 e. The highest BCUT2D eigenvalue weighted by atomic mass is 19.1. The number of carbonyl (C=O) groups is 1. The lowest BCUT2D eigenvalue weighted by Crippen LogP contribution is -2.44. The van der Waals surface area contributed by atoms with E-state index in [1.54, 1.807) is 30.3 Å². The van der Waals surface area contributed by atoms with Crippen molar-refractivity contribution in [2.24, 2.45) is 0 Å². The number of halogens is 1. The van der Waals surface area contributed by atoms with Crippen molar-refractivity contribution >= 4 is 5.91 Å². The average molecular weight is 397 g/mol. The van der Waals surface area contributed by atoms with Gasteiger partial charge in [0.2, 0.25) is 5.88 Å². The molecule has 9 heteroatoms. The molecule has 0 radical (unpaired) electrons. The van der Waals surface area contributed by atoms with Crippen molar-refractivity contribution in [3.05, 3.63) is 60.3 Å². The number of pyridine rings is 1. The molecule has 1 aliphatic rings. The maximum Gasteiger partial charge on any atom is 0.256 e. The van der Waals surface area contributed by atoms with Gasteiger partial charge in [0.25, 0.3) is 5.91 Å². The third-order valence-corrected chi connectivity index (χ3v) is 4.72. The number of ether oxygens (including phenoxy) is 2. The van der Waals surface area contributed by atoms with Gasteiger partial charge in [-0.2, -0.15) is 15.0 Å². The van der Waals surface area contributed by atoms with Crippen molar-refractivity contribution in [1.82, 2.24) is 24.9 Å². The maximum absolute atomic E-state index is 13.8. The number of hydrogen-bond acceptors (Lipinski definition) is 6. The summed E-state index contributed by atoms with van der Waals surface area (Å²) in [7, 11) is 1.58. The number of benzene rings is 1. The smallest absolute Gasteiger partial charge is 0.256 e. The minimum absolute atomic E-state index is 0.195. The van der Waals surface area contributed by atoms with Gasteiger partial charge in [-0.05, 0) is 31.0 Å². The zero-order valence-electron chi connectivity index (χ0n) is 15.9. The number of methoxy groups -OCH3 is 1. The molecule has 1 amide bonds. The Balaban J connectivity index is 1.52. The number of amides is 1. The highest BCUT2D eigenvalue weighted by Crippen LogP contribution is 2.23. The molecule has 0 spiro atoms. The number of likely N-dealkylation sites (tertiary alicyclic amines) is 1. The summed E-state index contributed by atoms with van der Waals surface area (Å²) in [5, 5.41) is 8.05. The van der Waals surface area contributed by atoms with Gasteiger partial charge in [0.15, 0.2) is 0 Å². The molecule has 2 aromatic heterocycles. The average Bonchev–Trinajstić information content (AvgIpc) is 3.28. The second-order valence-electron chi connectivity index (χ2n) is 6.65. The zero-order chi connectivity index (χ0) is 20.2. The van der Waals surface area contributed by atoms with Crippen LogP contribution in [-0.2, 0) is 0 Å². The van der Waals surface area contributed by atoms with Crippen LogP contribution in [0.1, 0.15) is 23.2 Å². The molecule has 1 aromatic carbocycles. The van der Waals surface area contributed by atoms with Crippen LogP contribution in [0.2, 0.25) is 0 Å². The summed E-state index contributed by atoms with van der Waals surface area (Å²) in [4.78, 5) is 20.3. The fourth-order valence-corrected chi connectivity index (χ4v) is 3.33. The van der Waals surface area contributed by atoms with Crippen LogP contribution in [0.4, 0.5) is 4.39 Å². The molecule has 1 fully saturated rings. The molecule has 1 aliphatic heterocycles. The summed E-state index contributed by atoms with van der Waals surface area (Å²) in [6.07, 6.45) is 5.97. The quantitative estimate of drug-likeness (QED) is 0.658. The topological polar surface area (TPSA) is 82.4 Å². The highest BCUT2D eigenvalue weighted by Gasteiger charge is 2.28. The van der Waals surface area contributed by atoms with Gasteiger partial charge < -0.3 is 14.4 Å². The van der Waals surface area contributed by atoms with Crippen molar-refractivity contribution < 1.29 is 18.7 Å². The number of nitrogens with zero attached hydrogens (tertiary/aromatic N) is 5. The third kappa shape index (κ3) is 4.18. The van der Waals surface area contributed by atoms with Crippen LogP contribution in [0.3, 0.4) is 0 Å². The van der Waals surface area contributed by atoms with Crippen molar-refractivity contribution in [2.75, 3.05) is 20.2 Å². The Morgan fingerprint density at radius 2 is 2.00 bits per heavy atom. The first kappa shape index (κ1) is 18.9. The van der Waals surface area contributed by atoms with Gasteiger partial charge in [0.1, 0.15) is 23.4 Å². The van der Waals surface area contributed by atoms with Gasteiger partial charge in [-0.25, -0.2) is 9.37 Å². The lowest BCUT2D eigenvalue weighted by atomic mass is 10.1. The standard InChI is InChI=1S/C20H20FN5O3/c1-28-15-6-7-22-19(12-15)29-16-3-2-10-25(13-16)20(27)17-5-4-14(21)11-18(17)26-23-8-9-24-26/h4-9,11-12,16H,2-3,10,13H2,1H3/t16-/m1/s1. The SMILES string of the molecule is COc1ccnc(O[C@@H]2CCCN(C(=O)c3ccc(F)cc3-n3nccn3)C2)c1. The molecule has 1 saturated heterocycles. The highest BCUT2D eigenvalue weighted by molar-refractivity contribution is 5.97. The molecule has 0 unspecified atom stereocenters. The summed E-state index contributed by atoms with van der Waals surface area (Å²) in [5.74, 6) is 0.426. The van der Waals surface area contributed by atoms with Crippen molar-refractivity contribution in [3.8, 4) is 17.3 Å². The van der Waals surface area contributed by atoms with E-state index in [1.807, 2.05) is 0 Å². The summed E-state index contributed by atoms with van der Waals surface area (Å²) in [6.45, 7) is 0.995. The molecule has 1 atom stereocenters. The molecule has 4 rings (SSSR count). The lowest BCUT2D eigenvalue weighted by Gasteiger charge is -2.33. The molecule has 3 heterocycles. The predicted octanol–water partition coefficient (Wildman–Crippen LogP) is 2.49. The van der Waals surface area contributed by atoms with Gasteiger partial charge in [-0.3, -0.25) is 4.79 Å². The number of piperidine rings is 1. The summed E-state index contributed by atoms with van der Waals surface area (Å²) < 4.78 is 24.9. The van der Waals surface area contributed by atoms with E-state index in [-0.39, 0.29) is 12.0 Å². The van der Waals surface area contributed by atoms with Gasteiger partial charge in [0, 0.05) is 24.9 Å². The second kappa shape index (κ2) is 8.26. The summed E-state index contributed by atoms with van der Waals surface area (Å²) in [6, 6.07) is 7.43. The Morgan fingerprint density at radius 1 is 1.17 bits per heavy atom. The van der Waals surface area contributed by atoms with Crippen LogP contribution < -0.4 is 9.47 Å². The van der Waals surface area contributed by atoms with Crippen LogP contribution >= 0.6 is 0 Å².